The van der Waals surface area contributed by atoms with E-state index in [1.165, 1.54) is 6.07 Å². The maximum atomic E-state index is 13.4. The second-order valence-corrected chi connectivity index (χ2v) is 4.01. The van der Waals surface area contributed by atoms with Gasteiger partial charge in [0.15, 0.2) is 5.82 Å². The third-order valence-electron chi connectivity index (χ3n) is 2.37. The number of hydrogen-bond acceptors (Lipinski definition) is 5. The van der Waals surface area contributed by atoms with Gasteiger partial charge in [0.25, 0.3) is 0 Å². The van der Waals surface area contributed by atoms with Crippen LogP contribution in [0, 0.1) is 15.9 Å². The van der Waals surface area contributed by atoms with Crippen LogP contribution in [0.4, 0.5) is 10.1 Å². The average molecular weight is 272 g/mol. The van der Waals surface area contributed by atoms with Gasteiger partial charge in [-0.05, 0) is 19.0 Å². The smallest absolute Gasteiger partial charge is 0.314 e. The van der Waals surface area contributed by atoms with Gasteiger partial charge >= 0.3 is 5.69 Å². The number of nitrogens with zero attached hydrogens (tertiary/aromatic N) is 1. The summed E-state index contributed by atoms with van der Waals surface area (Å²) < 4.78 is 18.5. The number of nitrogens with one attached hydrogen (secondary N) is 1. The first-order valence-electron chi connectivity index (χ1n) is 6.00. The molecule has 106 valence electrons. The van der Waals surface area contributed by atoms with E-state index >= 15 is 0 Å². The summed E-state index contributed by atoms with van der Waals surface area (Å²) in [6, 6.07) is 3.46. The van der Waals surface area contributed by atoms with Gasteiger partial charge in [0, 0.05) is 12.6 Å². The van der Waals surface area contributed by atoms with Gasteiger partial charge in [-0.25, -0.2) is 4.39 Å². The van der Waals surface area contributed by atoms with Gasteiger partial charge in [0.2, 0.25) is 5.75 Å². The minimum absolute atomic E-state index is 0.210. The number of nitro groups is 1. The van der Waals surface area contributed by atoms with E-state index in [0.29, 0.717) is 0 Å². The van der Waals surface area contributed by atoms with E-state index in [-0.39, 0.29) is 13.2 Å². The molecule has 0 saturated heterocycles. The molecule has 1 unspecified atom stereocenters. The molecule has 0 heterocycles. The molecule has 2 N–H and O–H groups in total. The van der Waals surface area contributed by atoms with Crippen molar-refractivity contribution in [2.24, 2.45) is 0 Å². The lowest BCUT2D eigenvalue weighted by molar-refractivity contribution is -0.386. The topological polar surface area (TPSA) is 84.6 Å². The van der Waals surface area contributed by atoms with Gasteiger partial charge in [-0.2, -0.15) is 0 Å². The molecule has 7 heteroatoms. The number of ether oxygens (including phenoxy) is 1. The lowest BCUT2D eigenvalue weighted by Crippen LogP contribution is -2.32. The van der Waals surface area contributed by atoms with Crippen LogP contribution in [0.15, 0.2) is 18.2 Å². The standard InChI is InChI=1S/C12H17FN2O4/c1-2-6-14-7-9(16)8-19-12-10(13)4-3-5-11(12)15(17)18/h3-5,9,14,16H,2,6-8H2,1H3. The molecule has 1 atom stereocenters. The molecule has 1 rings (SSSR count). The van der Waals surface area contributed by atoms with Crippen LogP contribution < -0.4 is 10.1 Å². The molecule has 0 aliphatic heterocycles. The summed E-state index contributed by atoms with van der Waals surface area (Å²) >= 11 is 0. The minimum atomic E-state index is -0.856. The highest BCUT2D eigenvalue weighted by atomic mass is 19.1. The van der Waals surface area contributed by atoms with Crippen LogP contribution in [-0.4, -0.2) is 35.8 Å². The quantitative estimate of drug-likeness (QED) is 0.425. The second kappa shape index (κ2) is 7.65. The second-order valence-electron chi connectivity index (χ2n) is 4.01. The van der Waals surface area contributed by atoms with E-state index in [0.717, 1.165) is 25.1 Å². The van der Waals surface area contributed by atoms with Crippen molar-refractivity contribution in [2.75, 3.05) is 19.7 Å². The summed E-state index contributed by atoms with van der Waals surface area (Å²) in [6.07, 6.45) is 0.0672. The molecule has 0 radical (unpaired) electrons. The molecular weight excluding hydrogens is 255 g/mol. The zero-order valence-electron chi connectivity index (χ0n) is 10.6. The van der Waals surface area contributed by atoms with Crippen LogP contribution >= 0.6 is 0 Å². The number of rotatable bonds is 8. The Morgan fingerprint density at radius 3 is 2.95 bits per heavy atom. The molecule has 0 saturated carbocycles. The van der Waals surface area contributed by atoms with Crippen molar-refractivity contribution < 1.29 is 19.2 Å². The van der Waals surface area contributed by atoms with Gasteiger partial charge in [-0.3, -0.25) is 10.1 Å². The number of benzene rings is 1. The van der Waals surface area contributed by atoms with Gasteiger partial charge in [0.1, 0.15) is 12.7 Å². The first-order valence-corrected chi connectivity index (χ1v) is 6.00. The number of aliphatic hydroxyl groups excluding tert-OH is 1. The Bertz CT molecular complexity index is 428. The van der Waals surface area contributed by atoms with E-state index in [2.05, 4.69) is 5.32 Å². The molecule has 0 bridgehead atoms. The van der Waals surface area contributed by atoms with Crippen LogP contribution in [0.3, 0.4) is 0 Å². The largest absolute Gasteiger partial charge is 0.482 e. The molecule has 0 aliphatic rings. The van der Waals surface area contributed by atoms with Crippen molar-refractivity contribution in [1.29, 1.82) is 0 Å². The molecule has 1 aromatic rings. The number of para-hydroxylation sites is 1. The lowest BCUT2D eigenvalue weighted by atomic mass is 10.3. The van der Waals surface area contributed by atoms with Crippen LogP contribution in [-0.2, 0) is 0 Å². The van der Waals surface area contributed by atoms with Gasteiger partial charge in [-0.15, -0.1) is 0 Å². The SMILES string of the molecule is CCCNCC(O)COc1c(F)cccc1[N+](=O)[O-]. The third kappa shape index (κ3) is 4.80. The van der Waals surface area contributed by atoms with Crippen molar-refractivity contribution in [3.8, 4) is 5.75 Å². The van der Waals surface area contributed by atoms with Crippen molar-refractivity contribution in [3.63, 3.8) is 0 Å². The van der Waals surface area contributed by atoms with Gasteiger partial charge < -0.3 is 15.2 Å². The molecule has 19 heavy (non-hydrogen) atoms. The fourth-order valence-corrected chi connectivity index (χ4v) is 1.47. The zero-order chi connectivity index (χ0) is 14.3. The number of aliphatic hydroxyl groups is 1. The van der Waals surface area contributed by atoms with Crippen LogP contribution in [0.1, 0.15) is 13.3 Å². The van der Waals surface area contributed by atoms with E-state index < -0.39 is 28.3 Å². The van der Waals surface area contributed by atoms with Crippen LogP contribution in [0.2, 0.25) is 0 Å². The summed E-state index contributed by atoms with van der Waals surface area (Å²) in [4.78, 5) is 9.99. The third-order valence-corrected chi connectivity index (χ3v) is 2.37. The molecule has 0 aliphatic carbocycles. The Labute approximate surface area is 110 Å². The summed E-state index contributed by atoms with van der Waals surface area (Å²) in [5.74, 6) is -1.26. The Morgan fingerprint density at radius 1 is 1.58 bits per heavy atom. The van der Waals surface area contributed by atoms with Crippen LogP contribution in [0.5, 0.6) is 5.75 Å². The maximum Gasteiger partial charge on any atom is 0.314 e. The van der Waals surface area contributed by atoms with Crippen molar-refractivity contribution in [2.45, 2.75) is 19.4 Å². The molecule has 0 amide bonds. The van der Waals surface area contributed by atoms with Crippen molar-refractivity contribution in [3.05, 3.63) is 34.1 Å². The Morgan fingerprint density at radius 2 is 2.32 bits per heavy atom. The molecule has 0 fully saturated rings. The van der Waals surface area contributed by atoms with Crippen molar-refractivity contribution in [1.82, 2.24) is 5.32 Å². The normalized spacial score (nSPS) is 12.2. The Balaban J connectivity index is 2.59. The average Bonchev–Trinajstić information content (AvgIpc) is 2.37. The molecule has 6 nitrogen and oxygen atoms in total. The molecular formula is C12H17FN2O4. The van der Waals surface area contributed by atoms with Crippen LogP contribution in [0.25, 0.3) is 0 Å². The first-order chi connectivity index (χ1) is 9.06. The summed E-state index contributed by atoms with van der Waals surface area (Å²) in [5.41, 5.74) is -0.450. The highest BCUT2D eigenvalue weighted by Crippen LogP contribution is 2.29. The molecule has 0 spiro atoms. The lowest BCUT2D eigenvalue weighted by Gasteiger charge is -2.13. The highest BCUT2D eigenvalue weighted by molar-refractivity contribution is 5.46. The molecule has 1 aromatic carbocycles. The van der Waals surface area contributed by atoms with E-state index in [4.69, 9.17) is 4.74 Å². The Hall–Kier alpha value is -1.73. The predicted octanol–water partition coefficient (Wildman–Crippen LogP) is 1.47. The fraction of sp³-hybridized carbons (Fsp3) is 0.500. The Kier molecular flexibility index (Phi) is 6.17. The number of halogens is 1. The fourth-order valence-electron chi connectivity index (χ4n) is 1.47. The number of hydrogen-bond donors (Lipinski definition) is 2. The monoisotopic (exact) mass is 272 g/mol. The van der Waals surface area contributed by atoms with Gasteiger partial charge in [0.05, 0.1) is 4.92 Å². The van der Waals surface area contributed by atoms with E-state index in [1.807, 2.05) is 6.92 Å². The zero-order valence-corrected chi connectivity index (χ0v) is 10.6. The summed E-state index contributed by atoms with van der Waals surface area (Å²) in [7, 11) is 0. The predicted molar refractivity (Wildman–Crippen MR) is 67.7 cm³/mol. The maximum absolute atomic E-state index is 13.4. The minimum Gasteiger partial charge on any atom is -0.482 e. The van der Waals surface area contributed by atoms with E-state index in [1.54, 1.807) is 0 Å². The highest BCUT2D eigenvalue weighted by Gasteiger charge is 2.20. The van der Waals surface area contributed by atoms with E-state index in [9.17, 15) is 19.6 Å². The van der Waals surface area contributed by atoms with Crippen molar-refractivity contribution >= 4 is 5.69 Å². The first kappa shape index (κ1) is 15.3. The summed E-state index contributed by atoms with van der Waals surface area (Å²) in [6.45, 7) is 2.81. The number of nitro benzene ring substituents is 1. The summed E-state index contributed by atoms with van der Waals surface area (Å²) in [5, 5.41) is 23.3. The molecule has 0 aromatic heterocycles. The van der Waals surface area contributed by atoms with Gasteiger partial charge in [-0.1, -0.05) is 13.0 Å².